The first-order valence-corrected chi connectivity index (χ1v) is 6.27. The van der Waals surface area contributed by atoms with Gasteiger partial charge in [0.1, 0.15) is 5.60 Å². The lowest BCUT2D eigenvalue weighted by Gasteiger charge is -2.42. The molecule has 2 aliphatic rings. The summed E-state index contributed by atoms with van der Waals surface area (Å²) in [6.07, 6.45) is 0. The first-order valence-electron chi connectivity index (χ1n) is 6.27. The van der Waals surface area contributed by atoms with Crippen molar-refractivity contribution in [2.24, 2.45) is 10.8 Å². The second-order valence-corrected chi connectivity index (χ2v) is 7.25. The Morgan fingerprint density at radius 3 is 1.71 bits per heavy atom. The number of ether oxygens (including phenoxy) is 2. The average molecular weight is 240 g/mol. The van der Waals surface area contributed by atoms with Crippen LogP contribution in [0.4, 0.5) is 0 Å². The smallest absolute Gasteiger partial charge is 0.180 e. The van der Waals surface area contributed by atoms with Gasteiger partial charge >= 0.3 is 0 Å². The molecule has 0 N–H and O–H groups in total. The monoisotopic (exact) mass is 240 g/mol. The van der Waals surface area contributed by atoms with E-state index in [1.54, 1.807) is 0 Å². The van der Waals surface area contributed by atoms with Crippen molar-refractivity contribution in [2.45, 2.75) is 72.4 Å². The van der Waals surface area contributed by atoms with E-state index in [2.05, 4.69) is 13.8 Å². The normalized spacial score (nSPS) is 46.0. The molecule has 0 saturated carbocycles. The van der Waals surface area contributed by atoms with Crippen LogP contribution in [0.5, 0.6) is 0 Å². The van der Waals surface area contributed by atoms with E-state index < -0.39 is 16.8 Å². The van der Waals surface area contributed by atoms with Gasteiger partial charge in [-0.1, -0.05) is 13.8 Å². The van der Waals surface area contributed by atoms with E-state index in [4.69, 9.17) is 9.47 Å². The van der Waals surface area contributed by atoms with E-state index >= 15 is 0 Å². The number of carbonyl (C=O) groups excluding carboxylic acids is 1. The molecule has 2 unspecified atom stereocenters. The zero-order valence-corrected chi connectivity index (χ0v) is 12.2. The summed E-state index contributed by atoms with van der Waals surface area (Å²) in [4.78, 5) is 12.7. The predicted octanol–water partition coefficient (Wildman–Crippen LogP) is 2.92. The molecule has 2 heterocycles. The van der Waals surface area contributed by atoms with Crippen molar-refractivity contribution < 1.29 is 14.3 Å². The summed E-state index contributed by atoms with van der Waals surface area (Å²) in [6, 6.07) is 0. The molecule has 0 spiro atoms. The van der Waals surface area contributed by atoms with E-state index in [9.17, 15) is 4.79 Å². The van der Waals surface area contributed by atoms with Gasteiger partial charge in [0.05, 0.1) is 11.0 Å². The van der Waals surface area contributed by atoms with Crippen LogP contribution in [0.1, 0.15) is 55.4 Å². The number of Topliss-reactive ketones (excluding diaryl/α,β-unsaturated/α-hetero) is 1. The van der Waals surface area contributed by atoms with Crippen LogP contribution in [-0.2, 0) is 14.3 Å². The third-order valence-electron chi connectivity index (χ3n) is 5.56. The molecule has 2 fully saturated rings. The van der Waals surface area contributed by atoms with Crippen LogP contribution in [0.2, 0.25) is 0 Å². The third-order valence-corrected chi connectivity index (χ3v) is 5.56. The summed E-state index contributed by atoms with van der Waals surface area (Å²) in [7, 11) is 0. The Morgan fingerprint density at radius 2 is 1.29 bits per heavy atom. The van der Waals surface area contributed by atoms with Crippen LogP contribution in [-0.4, -0.2) is 22.8 Å². The summed E-state index contributed by atoms with van der Waals surface area (Å²) in [6.45, 7) is 15.8. The summed E-state index contributed by atoms with van der Waals surface area (Å²) in [5.41, 5.74) is -2.05. The maximum atomic E-state index is 12.7. The zero-order chi connectivity index (χ0) is 13.5. The maximum absolute atomic E-state index is 12.7. The van der Waals surface area contributed by atoms with Crippen molar-refractivity contribution in [3.05, 3.63) is 0 Å². The van der Waals surface area contributed by atoms with Crippen molar-refractivity contribution in [3.8, 4) is 0 Å². The Morgan fingerprint density at radius 1 is 0.824 bits per heavy atom. The van der Waals surface area contributed by atoms with Crippen LogP contribution in [0, 0.1) is 10.8 Å². The lowest BCUT2D eigenvalue weighted by molar-refractivity contribution is -0.263. The predicted molar refractivity (Wildman–Crippen MR) is 65.6 cm³/mol. The van der Waals surface area contributed by atoms with E-state index in [0.29, 0.717) is 0 Å². The summed E-state index contributed by atoms with van der Waals surface area (Å²) >= 11 is 0. The molecule has 0 aliphatic carbocycles. The molecule has 0 amide bonds. The van der Waals surface area contributed by atoms with E-state index in [1.807, 2.05) is 41.5 Å². The Labute approximate surface area is 104 Å². The van der Waals surface area contributed by atoms with Gasteiger partial charge in [-0.05, 0) is 41.5 Å². The minimum atomic E-state index is -0.833. The quantitative estimate of drug-likeness (QED) is 0.653. The topological polar surface area (TPSA) is 35.5 Å². The van der Waals surface area contributed by atoms with Crippen molar-refractivity contribution in [1.29, 1.82) is 0 Å². The van der Waals surface area contributed by atoms with Crippen LogP contribution < -0.4 is 0 Å². The lowest BCUT2D eigenvalue weighted by Crippen LogP contribution is -2.51. The summed E-state index contributed by atoms with van der Waals surface area (Å²) in [5, 5.41) is 0. The van der Waals surface area contributed by atoms with Gasteiger partial charge in [-0.15, -0.1) is 0 Å². The van der Waals surface area contributed by atoms with Crippen molar-refractivity contribution in [3.63, 3.8) is 0 Å². The molecule has 2 atom stereocenters. The highest BCUT2D eigenvalue weighted by atomic mass is 16.7. The highest BCUT2D eigenvalue weighted by Gasteiger charge is 2.78. The molecular formula is C14H24O3. The van der Waals surface area contributed by atoms with Gasteiger partial charge in [0, 0.05) is 5.41 Å². The van der Waals surface area contributed by atoms with Crippen molar-refractivity contribution in [1.82, 2.24) is 0 Å². The molecule has 0 aromatic rings. The molecule has 0 bridgehead atoms. The second kappa shape index (κ2) is 2.77. The maximum Gasteiger partial charge on any atom is 0.180 e. The molecule has 3 heteroatoms. The molecule has 3 nitrogen and oxygen atoms in total. The standard InChI is InChI=1S/C14H24O3/c1-10(2)9(15)13(7)11(3,4)12(5,6)17-14(13,8)16-10/h1-8H3. The largest absolute Gasteiger partial charge is 0.343 e. The van der Waals surface area contributed by atoms with Crippen LogP contribution in [0.25, 0.3) is 0 Å². The molecule has 17 heavy (non-hydrogen) atoms. The summed E-state index contributed by atoms with van der Waals surface area (Å²) < 4.78 is 12.1. The van der Waals surface area contributed by atoms with Gasteiger partial charge in [-0.2, -0.15) is 0 Å². The fourth-order valence-corrected chi connectivity index (χ4v) is 3.63. The third kappa shape index (κ3) is 1.13. The Balaban J connectivity index is 2.66. The molecule has 0 aromatic heterocycles. The highest BCUT2D eigenvalue weighted by molar-refractivity contribution is 5.95. The Hall–Kier alpha value is -0.410. The number of rotatable bonds is 0. The van der Waals surface area contributed by atoms with Gasteiger partial charge in [-0.3, -0.25) is 4.79 Å². The van der Waals surface area contributed by atoms with Crippen LogP contribution in [0.3, 0.4) is 0 Å². The van der Waals surface area contributed by atoms with Gasteiger partial charge < -0.3 is 9.47 Å². The first-order chi connectivity index (χ1) is 7.32. The number of ketones is 1. The Bertz CT molecular complexity index is 394. The lowest BCUT2D eigenvalue weighted by atomic mass is 9.56. The SMILES string of the molecule is CC1(C)OC2(C)OC(C)(C)C(C)(C)C2(C)C1=O. The van der Waals surface area contributed by atoms with Crippen molar-refractivity contribution in [2.75, 3.05) is 0 Å². The molecule has 0 aromatic carbocycles. The minimum absolute atomic E-state index is 0.142. The fourth-order valence-electron chi connectivity index (χ4n) is 3.63. The summed E-state index contributed by atoms with van der Waals surface area (Å²) in [5.74, 6) is -0.691. The van der Waals surface area contributed by atoms with E-state index in [0.717, 1.165) is 0 Å². The van der Waals surface area contributed by atoms with Gasteiger partial charge in [0.2, 0.25) is 0 Å². The fraction of sp³-hybridized carbons (Fsp3) is 0.929. The van der Waals surface area contributed by atoms with Gasteiger partial charge in [0.25, 0.3) is 0 Å². The van der Waals surface area contributed by atoms with Crippen LogP contribution >= 0.6 is 0 Å². The number of hydrogen-bond acceptors (Lipinski definition) is 3. The van der Waals surface area contributed by atoms with E-state index in [1.165, 1.54) is 0 Å². The van der Waals surface area contributed by atoms with E-state index in [-0.39, 0.29) is 16.8 Å². The molecule has 2 saturated heterocycles. The number of carbonyl (C=O) groups is 1. The highest BCUT2D eigenvalue weighted by Crippen LogP contribution is 2.68. The molecule has 2 rings (SSSR count). The van der Waals surface area contributed by atoms with Gasteiger partial charge in [0.15, 0.2) is 11.6 Å². The molecule has 0 radical (unpaired) electrons. The first kappa shape index (κ1) is 13.0. The van der Waals surface area contributed by atoms with Crippen LogP contribution in [0.15, 0.2) is 0 Å². The number of hydrogen-bond donors (Lipinski definition) is 0. The minimum Gasteiger partial charge on any atom is -0.343 e. The molecular weight excluding hydrogens is 216 g/mol. The molecule has 98 valence electrons. The van der Waals surface area contributed by atoms with Crippen molar-refractivity contribution >= 4 is 5.78 Å². The second-order valence-electron chi connectivity index (χ2n) is 7.25. The average Bonchev–Trinajstić information content (AvgIpc) is 2.28. The zero-order valence-electron chi connectivity index (χ0n) is 12.2. The van der Waals surface area contributed by atoms with Gasteiger partial charge in [-0.25, -0.2) is 0 Å². The Kier molecular flexibility index (Phi) is 2.13. The molecule has 2 aliphatic heterocycles. The number of fused-ring (bicyclic) bond motifs is 1.